The third kappa shape index (κ3) is 3.75. The van der Waals surface area contributed by atoms with Crippen LogP contribution in [0.4, 0.5) is 0 Å². The molecule has 2 rings (SSSR count). The van der Waals surface area contributed by atoms with Gasteiger partial charge < -0.3 is 5.32 Å². The summed E-state index contributed by atoms with van der Waals surface area (Å²) in [4.78, 5) is 12.5. The maximum atomic E-state index is 12.5. The summed E-state index contributed by atoms with van der Waals surface area (Å²) in [7, 11) is 0. The lowest BCUT2D eigenvalue weighted by molar-refractivity contribution is -0.127. The van der Waals surface area contributed by atoms with Crippen molar-refractivity contribution in [2.24, 2.45) is 11.8 Å². The summed E-state index contributed by atoms with van der Waals surface area (Å²) in [5, 5.41) is 12.7. The molecule has 0 atom stereocenters. The van der Waals surface area contributed by atoms with Gasteiger partial charge in [0.25, 0.3) is 0 Å². The van der Waals surface area contributed by atoms with E-state index in [1.807, 2.05) is 0 Å². The molecule has 1 amide bonds. The molecule has 2 fully saturated rings. The Morgan fingerprint density at radius 2 is 1.75 bits per heavy atom. The Morgan fingerprint density at radius 1 is 1.15 bits per heavy atom. The van der Waals surface area contributed by atoms with Gasteiger partial charge >= 0.3 is 0 Å². The van der Waals surface area contributed by atoms with E-state index < -0.39 is 5.54 Å². The fourth-order valence-electron chi connectivity index (χ4n) is 3.72. The highest BCUT2D eigenvalue weighted by Crippen LogP contribution is 2.34. The fourth-order valence-corrected chi connectivity index (χ4v) is 3.72. The molecule has 0 aromatic carbocycles. The molecule has 0 radical (unpaired) electrons. The highest BCUT2D eigenvalue weighted by atomic mass is 16.2. The third-order valence-corrected chi connectivity index (χ3v) is 5.34. The lowest BCUT2D eigenvalue weighted by Crippen LogP contribution is -2.51. The van der Waals surface area contributed by atoms with Crippen molar-refractivity contribution in [2.75, 3.05) is 0 Å². The number of amides is 1. The van der Waals surface area contributed by atoms with Gasteiger partial charge in [-0.25, -0.2) is 0 Å². The minimum absolute atomic E-state index is 0.142. The average molecular weight is 276 g/mol. The Balaban J connectivity index is 1.92. The van der Waals surface area contributed by atoms with Crippen molar-refractivity contribution in [2.45, 2.75) is 83.1 Å². The molecule has 20 heavy (non-hydrogen) atoms. The highest BCUT2D eigenvalue weighted by Gasteiger charge is 2.37. The summed E-state index contributed by atoms with van der Waals surface area (Å²) in [6, 6.07) is 2.42. The van der Waals surface area contributed by atoms with Crippen molar-refractivity contribution >= 4 is 5.91 Å². The smallest absolute Gasteiger partial charge is 0.224 e. The van der Waals surface area contributed by atoms with E-state index in [1.165, 1.54) is 19.3 Å². The van der Waals surface area contributed by atoms with Crippen molar-refractivity contribution in [3.63, 3.8) is 0 Å². The number of nitriles is 1. The Labute approximate surface area is 123 Å². The first-order chi connectivity index (χ1) is 9.69. The van der Waals surface area contributed by atoms with Gasteiger partial charge in [0.05, 0.1) is 6.07 Å². The van der Waals surface area contributed by atoms with E-state index in [-0.39, 0.29) is 11.8 Å². The monoisotopic (exact) mass is 276 g/mol. The van der Waals surface area contributed by atoms with Crippen LogP contribution in [0.5, 0.6) is 0 Å². The number of hydrogen-bond donors (Lipinski definition) is 1. The van der Waals surface area contributed by atoms with E-state index in [4.69, 9.17) is 0 Å². The van der Waals surface area contributed by atoms with Crippen LogP contribution in [-0.4, -0.2) is 11.4 Å². The maximum absolute atomic E-state index is 12.5. The Morgan fingerprint density at radius 3 is 2.25 bits per heavy atom. The number of rotatable bonds is 3. The SMILES string of the molecule is CCC1CCC(C#N)(NC(=O)C2CCCCCC2)CC1. The molecule has 0 saturated heterocycles. The van der Waals surface area contributed by atoms with Crippen LogP contribution >= 0.6 is 0 Å². The van der Waals surface area contributed by atoms with E-state index in [1.54, 1.807) is 0 Å². The van der Waals surface area contributed by atoms with Crippen LogP contribution in [0.25, 0.3) is 0 Å². The maximum Gasteiger partial charge on any atom is 0.224 e. The summed E-state index contributed by atoms with van der Waals surface area (Å²) in [6.07, 6.45) is 11.9. The molecule has 3 heteroatoms. The molecule has 0 aromatic rings. The zero-order chi connectivity index (χ0) is 14.4. The number of carbonyl (C=O) groups is 1. The molecule has 0 aromatic heterocycles. The van der Waals surface area contributed by atoms with Crippen LogP contribution in [0.2, 0.25) is 0 Å². The second-order valence-electron chi connectivity index (χ2n) is 6.72. The van der Waals surface area contributed by atoms with Crippen LogP contribution in [0.15, 0.2) is 0 Å². The normalized spacial score (nSPS) is 32.1. The molecule has 3 nitrogen and oxygen atoms in total. The zero-order valence-electron chi connectivity index (χ0n) is 12.8. The molecule has 2 aliphatic rings. The predicted molar refractivity (Wildman–Crippen MR) is 79.9 cm³/mol. The Bertz CT molecular complexity index is 356. The van der Waals surface area contributed by atoms with Gasteiger partial charge in [-0.05, 0) is 44.4 Å². The van der Waals surface area contributed by atoms with Gasteiger partial charge in [-0.1, -0.05) is 39.0 Å². The van der Waals surface area contributed by atoms with Gasteiger partial charge in [-0.2, -0.15) is 5.26 Å². The average Bonchev–Trinajstić information content (AvgIpc) is 2.77. The Hall–Kier alpha value is -1.04. The second kappa shape index (κ2) is 7.11. The van der Waals surface area contributed by atoms with Gasteiger partial charge in [0.2, 0.25) is 5.91 Å². The molecule has 2 aliphatic carbocycles. The molecular weight excluding hydrogens is 248 g/mol. The lowest BCUT2D eigenvalue weighted by Gasteiger charge is -2.36. The van der Waals surface area contributed by atoms with Gasteiger partial charge in [-0.3, -0.25) is 4.79 Å². The number of nitrogens with zero attached hydrogens (tertiary/aromatic N) is 1. The minimum atomic E-state index is -0.574. The summed E-state index contributed by atoms with van der Waals surface area (Å²) < 4.78 is 0. The first-order valence-electron chi connectivity index (χ1n) is 8.42. The van der Waals surface area contributed by atoms with E-state index in [0.717, 1.165) is 57.3 Å². The topological polar surface area (TPSA) is 52.9 Å². The number of hydrogen-bond acceptors (Lipinski definition) is 2. The van der Waals surface area contributed by atoms with Gasteiger partial charge in [-0.15, -0.1) is 0 Å². The summed E-state index contributed by atoms with van der Waals surface area (Å²) in [6.45, 7) is 2.22. The Kier molecular flexibility index (Phi) is 5.46. The van der Waals surface area contributed by atoms with Crippen molar-refractivity contribution in [1.29, 1.82) is 5.26 Å². The highest BCUT2D eigenvalue weighted by molar-refractivity contribution is 5.80. The first kappa shape index (κ1) is 15.4. The minimum Gasteiger partial charge on any atom is -0.338 e. The summed E-state index contributed by atoms with van der Waals surface area (Å²) in [5.74, 6) is 1.03. The summed E-state index contributed by atoms with van der Waals surface area (Å²) in [5.41, 5.74) is -0.574. The number of nitrogens with one attached hydrogen (secondary N) is 1. The third-order valence-electron chi connectivity index (χ3n) is 5.34. The van der Waals surface area contributed by atoms with E-state index in [9.17, 15) is 10.1 Å². The van der Waals surface area contributed by atoms with Crippen LogP contribution < -0.4 is 5.32 Å². The molecule has 0 unspecified atom stereocenters. The van der Waals surface area contributed by atoms with E-state index in [0.29, 0.717) is 0 Å². The molecular formula is C17H28N2O. The largest absolute Gasteiger partial charge is 0.338 e. The van der Waals surface area contributed by atoms with Gasteiger partial charge in [0, 0.05) is 5.92 Å². The van der Waals surface area contributed by atoms with Gasteiger partial charge in [0.15, 0.2) is 0 Å². The van der Waals surface area contributed by atoms with Crippen molar-refractivity contribution in [1.82, 2.24) is 5.32 Å². The van der Waals surface area contributed by atoms with Crippen molar-refractivity contribution in [3.8, 4) is 6.07 Å². The number of carbonyl (C=O) groups excluding carboxylic acids is 1. The van der Waals surface area contributed by atoms with E-state index in [2.05, 4.69) is 18.3 Å². The molecule has 2 saturated carbocycles. The van der Waals surface area contributed by atoms with Crippen molar-refractivity contribution < 1.29 is 4.79 Å². The standard InChI is InChI=1S/C17H28N2O/c1-2-14-9-11-17(13-18,12-10-14)19-16(20)15-7-5-3-4-6-8-15/h14-15H,2-12H2,1H3,(H,19,20). The van der Waals surface area contributed by atoms with Crippen LogP contribution in [0, 0.1) is 23.2 Å². The van der Waals surface area contributed by atoms with Crippen LogP contribution in [-0.2, 0) is 4.79 Å². The molecule has 0 spiro atoms. The molecule has 112 valence electrons. The van der Waals surface area contributed by atoms with Gasteiger partial charge in [0.1, 0.15) is 5.54 Å². The molecule has 1 N–H and O–H groups in total. The van der Waals surface area contributed by atoms with Crippen LogP contribution in [0.3, 0.4) is 0 Å². The first-order valence-corrected chi connectivity index (χ1v) is 8.42. The zero-order valence-corrected chi connectivity index (χ0v) is 12.8. The fraction of sp³-hybridized carbons (Fsp3) is 0.882. The molecule has 0 aliphatic heterocycles. The quantitative estimate of drug-likeness (QED) is 0.794. The molecule has 0 heterocycles. The second-order valence-corrected chi connectivity index (χ2v) is 6.72. The lowest BCUT2D eigenvalue weighted by atomic mass is 9.76. The van der Waals surface area contributed by atoms with E-state index >= 15 is 0 Å². The predicted octanol–water partition coefficient (Wildman–Crippen LogP) is 3.94. The van der Waals surface area contributed by atoms with Crippen LogP contribution in [0.1, 0.15) is 77.6 Å². The summed E-state index contributed by atoms with van der Waals surface area (Å²) >= 11 is 0. The molecule has 0 bridgehead atoms. The van der Waals surface area contributed by atoms with Crippen molar-refractivity contribution in [3.05, 3.63) is 0 Å².